The first-order valence-corrected chi connectivity index (χ1v) is 8.93. The molecule has 0 unspecified atom stereocenters. The number of hydrogen-bond acceptors (Lipinski definition) is 3. The standard InChI is InChI=1S/C21H25N3O2/c1-2-3-4-14-23-21(25)24-19-7-5-6-18(15-19)16-26-20-10-8-17(9-11-20)12-13-22/h5-11,15H,2-4,12,14,16H2,1H3,(H2,23,24,25). The Bertz CT molecular complexity index is 736. The van der Waals surface area contributed by atoms with Gasteiger partial charge in [-0.3, -0.25) is 0 Å². The Balaban J connectivity index is 1.82. The van der Waals surface area contributed by atoms with Crippen LogP contribution in [0.25, 0.3) is 0 Å². The van der Waals surface area contributed by atoms with E-state index in [0.29, 0.717) is 19.6 Å². The van der Waals surface area contributed by atoms with Crippen molar-refractivity contribution in [3.8, 4) is 11.8 Å². The van der Waals surface area contributed by atoms with Crippen molar-refractivity contribution in [2.24, 2.45) is 0 Å². The molecule has 0 spiro atoms. The van der Waals surface area contributed by atoms with Gasteiger partial charge >= 0.3 is 6.03 Å². The number of carbonyl (C=O) groups is 1. The van der Waals surface area contributed by atoms with Crippen LogP contribution < -0.4 is 15.4 Å². The van der Waals surface area contributed by atoms with E-state index in [1.165, 1.54) is 0 Å². The Morgan fingerprint density at radius 1 is 1.12 bits per heavy atom. The van der Waals surface area contributed by atoms with Crippen molar-refractivity contribution < 1.29 is 9.53 Å². The van der Waals surface area contributed by atoms with Gasteiger partial charge in [-0.05, 0) is 41.8 Å². The maximum absolute atomic E-state index is 11.9. The molecule has 0 atom stereocenters. The van der Waals surface area contributed by atoms with Crippen LogP contribution in [0.1, 0.15) is 37.3 Å². The third kappa shape index (κ3) is 6.86. The Hall–Kier alpha value is -3.00. The zero-order valence-corrected chi connectivity index (χ0v) is 15.1. The fraction of sp³-hybridized carbons (Fsp3) is 0.333. The highest BCUT2D eigenvalue weighted by Crippen LogP contribution is 2.16. The number of carbonyl (C=O) groups excluding carboxylic acids is 1. The van der Waals surface area contributed by atoms with E-state index in [1.807, 2.05) is 48.5 Å². The molecular formula is C21H25N3O2. The van der Waals surface area contributed by atoms with Gasteiger partial charge in [0.15, 0.2) is 0 Å². The first kappa shape index (κ1) is 19.3. The van der Waals surface area contributed by atoms with Gasteiger partial charge in [0.05, 0.1) is 12.5 Å². The Morgan fingerprint density at radius 3 is 2.65 bits per heavy atom. The lowest BCUT2D eigenvalue weighted by Gasteiger charge is -2.10. The Morgan fingerprint density at radius 2 is 1.92 bits per heavy atom. The highest BCUT2D eigenvalue weighted by atomic mass is 16.5. The van der Waals surface area contributed by atoms with Gasteiger partial charge in [-0.15, -0.1) is 0 Å². The average Bonchev–Trinajstić information content (AvgIpc) is 2.65. The van der Waals surface area contributed by atoms with E-state index in [-0.39, 0.29) is 6.03 Å². The summed E-state index contributed by atoms with van der Waals surface area (Å²) in [6, 6.07) is 17.0. The first-order valence-electron chi connectivity index (χ1n) is 8.93. The van der Waals surface area contributed by atoms with E-state index < -0.39 is 0 Å². The van der Waals surface area contributed by atoms with Gasteiger partial charge in [-0.2, -0.15) is 5.26 Å². The van der Waals surface area contributed by atoms with E-state index in [9.17, 15) is 4.79 Å². The molecule has 26 heavy (non-hydrogen) atoms. The molecule has 5 nitrogen and oxygen atoms in total. The van der Waals surface area contributed by atoms with Crippen molar-refractivity contribution in [2.75, 3.05) is 11.9 Å². The smallest absolute Gasteiger partial charge is 0.319 e. The summed E-state index contributed by atoms with van der Waals surface area (Å²) in [5, 5.41) is 14.4. The van der Waals surface area contributed by atoms with Gasteiger partial charge in [-0.25, -0.2) is 4.79 Å². The molecule has 2 amide bonds. The highest BCUT2D eigenvalue weighted by Gasteiger charge is 2.03. The van der Waals surface area contributed by atoms with Gasteiger partial charge in [0.25, 0.3) is 0 Å². The van der Waals surface area contributed by atoms with Gasteiger partial charge < -0.3 is 15.4 Å². The summed E-state index contributed by atoms with van der Waals surface area (Å²) in [6.45, 7) is 3.23. The minimum atomic E-state index is -0.188. The van der Waals surface area contributed by atoms with Gasteiger partial charge in [-0.1, -0.05) is 44.0 Å². The second-order valence-corrected chi connectivity index (χ2v) is 6.06. The highest BCUT2D eigenvalue weighted by molar-refractivity contribution is 5.89. The molecule has 0 fully saturated rings. The molecular weight excluding hydrogens is 326 g/mol. The summed E-state index contributed by atoms with van der Waals surface area (Å²) in [5.74, 6) is 0.749. The lowest BCUT2D eigenvalue weighted by atomic mass is 10.1. The second kappa shape index (κ2) is 10.8. The van der Waals surface area contributed by atoms with E-state index in [0.717, 1.165) is 41.8 Å². The molecule has 0 saturated carbocycles. The maximum Gasteiger partial charge on any atom is 0.319 e. The molecule has 5 heteroatoms. The number of ether oxygens (including phenoxy) is 1. The molecule has 0 aliphatic heterocycles. The number of urea groups is 1. The summed E-state index contributed by atoms with van der Waals surface area (Å²) in [7, 11) is 0. The van der Waals surface area contributed by atoms with E-state index in [1.54, 1.807) is 0 Å². The van der Waals surface area contributed by atoms with Crippen LogP contribution >= 0.6 is 0 Å². The predicted molar refractivity (Wildman–Crippen MR) is 103 cm³/mol. The van der Waals surface area contributed by atoms with Crippen LogP contribution in [-0.2, 0) is 13.0 Å². The third-order valence-corrected chi connectivity index (χ3v) is 3.86. The number of rotatable bonds is 9. The largest absolute Gasteiger partial charge is 0.489 e. The van der Waals surface area contributed by atoms with Crippen molar-refractivity contribution in [3.05, 3.63) is 59.7 Å². The van der Waals surface area contributed by atoms with Crippen molar-refractivity contribution in [1.82, 2.24) is 5.32 Å². The number of anilines is 1. The SMILES string of the molecule is CCCCCNC(=O)Nc1cccc(COc2ccc(CC#N)cc2)c1. The molecule has 2 aromatic rings. The van der Waals surface area contributed by atoms with Gasteiger partial charge in [0, 0.05) is 12.2 Å². The third-order valence-electron chi connectivity index (χ3n) is 3.86. The number of nitrogens with zero attached hydrogens (tertiary/aromatic N) is 1. The molecule has 0 aliphatic carbocycles. The zero-order chi connectivity index (χ0) is 18.6. The fourth-order valence-corrected chi connectivity index (χ4v) is 2.45. The molecule has 0 heterocycles. The number of unbranched alkanes of at least 4 members (excludes halogenated alkanes) is 2. The van der Waals surface area contributed by atoms with Crippen LogP contribution in [-0.4, -0.2) is 12.6 Å². The maximum atomic E-state index is 11.9. The van der Waals surface area contributed by atoms with Crippen molar-refractivity contribution >= 4 is 11.7 Å². The normalized spacial score (nSPS) is 10.0. The Kier molecular flexibility index (Phi) is 8.01. The van der Waals surface area contributed by atoms with Crippen LogP contribution in [0.3, 0.4) is 0 Å². The van der Waals surface area contributed by atoms with Crippen molar-refractivity contribution in [1.29, 1.82) is 5.26 Å². The lowest BCUT2D eigenvalue weighted by Crippen LogP contribution is -2.29. The second-order valence-electron chi connectivity index (χ2n) is 6.06. The number of benzene rings is 2. The molecule has 0 aliphatic rings. The molecule has 0 saturated heterocycles. The predicted octanol–water partition coefficient (Wildman–Crippen LogP) is 4.64. The molecule has 0 aromatic heterocycles. The van der Waals surface area contributed by atoms with Gasteiger partial charge in [0.1, 0.15) is 12.4 Å². The van der Waals surface area contributed by atoms with Crippen LogP contribution in [0.15, 0.2) is 48.5 Å². The number of amides is 2. The molecule has 2 rings (SSSR count). The van der Waals surface area contributed by atoms with Gasteiger partial charge in [0.2, 0.25) is 0 Å². The number of nitriles is 1. The summed E-state index contributed by atoms with van der Waals surface area (Å²) in [6.07, 6.45) is 3.64. The van der Waals surface area contributed by atoms with E-state index >= 15 is 0 Å². The molecule has 0 bridgehead atoms. The van der Waals surface area contributed by atoms with Crippen LogP contribution in [0.5, 0.6) is 5.75 Å². The minimum Gasteiger partial charge on any atom is -0.489 e. The lowest BCUT2D eigenvalue weighted by molar-refractivity contribution is 0.252. The van der Waals surface area contributed by atoms with Crippen LogP contribution in [0, 0.1) is 11.3 Å². The molecule has 0 radical (unpaired) electrons. The van der Waals surface area contributed by atoms with E-state index in [2.05, 4.69) is 23.6 Å². The fourth-order valence-electron chi connectivity index (χ4n) is 2.45. The first-order chi connectivity index (χ1) is 12.7. The summed E-state index contributed by atoms with van der Waals surface area (Å²) in [4.78, 5) is 11.9. The summed E-state index contributed by atoms with van der Waals surface area (Å²) >= 11 is 0. The Labute approximate surface area is 155 Å². The van der Waals surface area contributed by atoms with Crippen LogP contribution in [0.2, 0.25) is 0 Å². The van der Waals surface area contributed by atoms with Crippen molar-refractivity contribution in [2.45, 2.75) is 39.2 Å². The minimum absolute atomic E-state index is 0.188. The summed E-state index contributed by atoms with van der Waals surface area (Å²) in [5.41, 5.74) is 2.68. The van der Waals surface area contributed by atoms with Crippen LogP contribution in [0.4, 0.5) is 10.5 Å². The van der Waals surface area contributed by atoms with Crippen molar-refractivity contribution in [3.63, 3.8) is 0 Å². The molecule has 2 N–H and O–H groups in total. The topological polar surface area (TPSA) is 74.2 Å². The summed E-state index contributed by atoms with van der Waals surface area (Å²) < 4.78 is 5.77. The monoisotopic (exact) mass is 351 g/mol. The number of nitrogens with one attached hydrogen (secondary N) is 2. The molecule has 2 aromatic carbocycles. The average molecular weight is 351 g/mol. The quantitative estimate of drug-likeness (QED) is 0.646. The number of hydrogen-bond donors (Lipinski definition) is 2. The molecule has 136 valence electrons. The zero-order valence-electron chi connectivity index (χ0n) is 15.1. The van der Waals surface area contributed by atoms with E-state index in [4.69, 9.17) is 10.00 Å².